The molecule has 1 aliphatic heterocycles. The molecule has 0 spiro atoms. The number of hydrogen-bond donors (Lipinski definition) is 0. The molecule has 1 amide bonds. The van der Waals surface area contributed by atoms with Gasteiger partial charge in [-0.2, -0.15) is 0 Å². The fourth-order valence-electron chi connectivity index (χ4n) is 2.90. The topological polar surface area (TPSA) is 76.8 Å². The summed E-state index contributed by atoms with van der Waals surface area (Å²) in [5, 5.41) is 8.89. The molecule has 0 bridgehead atoms. The molecule has 0 radical (unpaired) electrons. The molecular formula is C18H19ClN6O. The summed E-state index contributed by atoms with van der Waals surface area (Å²) in [7, 11) is 0. The Morgan fingerprint density at radius 3 is 2.77 bits per heavy atom. The zero-order valence-corrected chi connectivity index (χ0v) is 14.3. The highest BCUT2D eigenvalue weighted by molar-refractivity contribution is 6.33. The Morgan fingerprint density at radius 1 is 1.19 bits per heavy atom. The van der Waals surface area contributed by atoms with Crippen molar-refractivity contribution < 1.29 is 4.79 Å². The highest BCUT2D eigenvalue weighted by Crippen LogP contribution is 2.23. The summed E-state index contributed by atoms with van der Waals surface area (Å²) in [4.78, 5) is 22.9. The quantitative estimate of drug-likeness (QED) is 0.693. The van der Waals surface area contributed by atoms with Crippen molar-refractivity contribution in [3.8, 4) is 11.5 Å². The van der Waals surface area contributed by atoms with E-state index in [1.54, 1.807) is 35.6 Å². The molecule has 1 aliphatic rings. The summed E-state index contributed by atoms with van der Waals surface area (Å²) in [5.74, 6) is 1.30. The minimum absolute atomic E-state index is 0. The van der Waals surface area contributed by atoms with Gasteiger partial charge in [-0.25, -0.2) is 4.98 Å². The van der Waals surface area contributed by atoms with Crippen molar-refractivity contribution in [3.63, 3.8) is 0 Å². The van der Waals surface area contributed by atoms with Gasteiger partial charge in [0.05, 0.1) is 23.3 Å². The Balaban J connectivity index is 0.00000196. The number of amides is 1. The van der Waals surface area contributed by atoms with Crippen LogP contribution in [0.3, 0.4) is 0 Å². The van der Waals surface area contributed by atoms with Gasteiger partial charge in [-0.3, -0.25) is 9.78 Å². The second-order valence-corrected chi connectivity index (χ2v) is 6.30. The predicted octanol–water partition coefficient (Wildman–Crippen LogP) is 2.99. The zero-order valence-electron chi connectivity index (χ0n) is 13.6. The molecule has 0 N–H and O–H groups in total. The minimum Gasteiger partial charge on any atom is -0.329 e. The Labute approximate surface area is 156 Å². The highest BCUT2D eigenvalue weighted by Gasteiger charge is 2.27. The minimum atomic E-state index is -0.0969. The van der Waals surface area contributed by atoms with Gasteiger partial charge in [0.1, 0.15) is 5.69 Å². The first-order valence-corrected chi connectivity index (χ1v) is 8.25. The van der Waals surface area contributed by atoms with E-state index >= 15 is 0 Å². The van der Waals surface area contributed by atoms with Crippen LogP contribution in [0.1, 0.15) is 29.2 Å². The van der Waals surface area contributed by atoms with Crippen molar-refractivity contribution in [1.29, 1.82) is 0 Å². The highest BCUT2D eigenvalue weighted by atomic mass is 35.5. The lowest BCUT2D eigenvalue weighted by Gasteiger charge is -2.28. The molecule has 0 unspecified atom stereocenters. The van der Waals surface area contributed by atoms with Gasteiger partial charge in [-0.15, -0.1) is 10.2 Å². The molecule has 4 rings (SSSR count). The predicted molar refractivity (Wildman–Crippen MR) is 98.7 cm³/mol. The van der Waals surface area contributed by atoms with E-state index in [-0.39, 0.29) is 13.3 Å². The van der Waals surface area contributed by atoms with Gasteiger partial charge in [0.25, 0.3) is 5.91 Å². The van der Waals surface area contributed by atoms with Crippen LogP contribution in [0.15, 0.2) is 36.8 Å². The molecule has 1 aromatic carbocycles. The lowest BCUT2D eigenvalue weighted by molar-refractivity contribution is 0.0708. The average molecular weight is 371 g/mol. The van der Waals surface area contributed by atoms with Gasteiger partial charge in [0, 0.05) is 25.5 Å². The number of rotatable bonds is 2. The van der Waals surface area contributed by atoms with Crippen LogP contribution >= 0.6 is 11.6 Å². The van der Waals surface area contributed by atoms with Crippen molar-refractivity contribution in [2.45, 2.75) is 27.4 Å². The van der Waals surface area contributed by atoms with E-state index in [0.717, 1.165) is 11.4 Å². The normalized spacial score (nSPS) is 13.1. The maximum absolute atomic E-state index is 12.8. The lowest BCUT2D eigenvalue weighted by atomic mass is 10.1. The number of halogens is 1. The maximum Gasteiger partial charge on any atom is 0.255 e. The van der Waals surface area contributed by atoms with Crippen molar-refractivity contribution in [1.82, 2.24) is 29.6 Å². The second kappa shape index (κ2) is 7.21. The van der Waals surface area contributed by atoms with E-state index < -0.39 is 0 Å². The number of carbonyl (C=O) groups excluding carboxylic acids is 1. The molecule has 0 saturated heterocycles. The molecule has 0 atom stereocenters. The summed E-state index contributed by atoms with van der Waals surface area (Å²) >= 11 is 6.23. The van der Waals surface area contributed by atoms with Crippen molar-refractivity contribution in [2.75, 3.05) is 6.54 Å². The SMILES string of the molecule is C.Cc1ccc(C(=O)N2CCn3c(nnc3-c3cnccn3)C2)c(Cl)c1. The molecule has 3 aromatic rings. The van der Waals surface area contributed by atoms with Crippen LogP contribution in [0.4, 0.5) is 0 Å². The van der Waals surface area contributed by atoms with Gasteiger partial charge in [-0.05, 0) is 24.6 Å². The Bertz CT molecular complexity index is 940. The van der Waals surface area contributed by atoms with Crippen molar-refractivity contribution >= 4 is 17.5 Å². The van der Waals surface area contributed by atoms with E-state index in [2.05, 4.69) is 20.2 Å². The summed E-state index contributed by atoms with van der Waals surface area (Å²) < 4.78 is 1.98. The number of nitrogens with zero attached hydrogens (tertiary/aromatic N) is 6. The Hall–Kier alpha value is -2.80. The van der Waals surface area contributed by atoms with Crippen LogP contribution < -0.4 is 0 Å². The van der Waals surface area contributed by atoms with Crippen LogP contribution in [-0.4, -0.2) is 42.1 Å². The smallest absolute Gasteiger partial charge is 0.255 e. The number of aromatic nitrogens is 5. The first-order chi connectivity index (χ1) is 12.1. The van der Waals surface area contributed by atoms with Gasteiger partial charge < -0.3 is 9.47 Å². The van der Waals surface area contributed by atoms with Crippen LogP contribution in [0.25, 0.3) is 11.5 Å². The molecule has 134 valence electrons. The van der Waals surface area contributed by atoms with E-state index in [1.807, 2.05) is 17.6 Å². The van der Waals surface area contributed by atoms with Crippen molar-refractivity contribution in [3.05, 3.63) is 58.8 Å². The van der Waals surface area contributed by atoms with Gasteiger partial charge in [0.2, 0.25) is 0 Å². The average Bonchev–Trinajstić information content (AvgIpc) is 3.05. The van der Waals surface area contributed by atoms with Crippen LogP contribution in [0.2, 0.25) is 5.02 Å². The van der Waals surface area contributed by atoms with Crippen molar-refractivity contribution in [2.24, 2.45) is 0 Å². The van der Waals surface area contributed by atoms with Crippen LogP contribution in [0, 0.1) is 6.92 Å². The van der Waals surface area contributed by atoms with Gasteiger partial charge >= 0.3 is 0 Å². The summed E-state index contributed by atoms with van der Waals surface area (Å²) in [6.45, 7) is 3.48. The largest absolute Gasteiger partial charge is 0.329 e. The Morgan fingerprint density at radius 2 is 2.04 bits per heavy atom. The third-order valence-electron chi connectivity index (χ3n) is 4.19. The number of hydrogen-bond acceptors (Lipinski definition) is 5. The van der Waals surface area contributed by atoms with E-state index in [1.165, 1.54) is 0 Å². The molecule has 0 saturated carbocycles. The van der Waals surface area contributed by atoms with Crippen LogP contribution in [0.5, 0.6) is 0 Å². The summed E-state index contributed by atoms with van der Waals surface area (Å²) in [6, 6.07) is 5.45. The lowest BCUT2D eigenvalue weighted by Crippen LogP contribution is -2.38. The number of aryl methyl sites for hydroxylation is 1. The molecule has 0 fully saturated rings. The first-order valence-electron chi connectivity index (χ1n) is 7.87. The third kappa shape index (κ3) is 3.17. The number of fused-ring (bicyclic) bond motifs is 1. The monoisotopic (exact) mass is 370 g/mol. The van der Waals surface area contributed by atoms with E-state index in [4.69, 9.17) is 11.6 Å². The standard InChI is InChI=1S/C17H15ClN6O.CH4/c1-11-2-3-12(13(18)8-11)17(25)23-6-7-24-15(10-23)21-22-16(24)14-9-19-4-5-20-14;/h2-5,8-9H,6-7,10H2,1H3;1H4. The maximum atomic E-state index is 12.8. The number of carbonyl (C=O) groups is 1. The number of benzene rings is 1. The Kier molecular flexibility index (Phi) is 4.99. The molecular weight excluding hydrogens is 352 g/mol. The van der Waals surface area contributed by atoms with Crippen LogP contribution in [-0.2, 0) is 13.1 Å². The second-order valence-electron chi connectivity index (χ2n) is 5.89. The van der Waals surface area contributed by atoms with Gasteiger partial charge in [-0.1, -0.05) is 25.1 Å². The third-order valence-corrected chi connectivity index (χ3v) is 4.50. The molecule has 3 heterocycles. The van der Waals surface area contributed by atoms with Gasteiger partial charge in [0.15, 0.2) is 11.6 Å². The molecule has 7 nitrogen and oxygen atoms in total. The zero-order chi connectivity index (χ0) is 17.4. The fraction of sp³-hybridized carbons (Fsp3) is 0.278. The fourth-order valence-corrected chi connectivity index (χ4v) is 3.21. The van der Waals surface area contributed by atoms with E-state index in [0.29, 0.717) is 41.7 Å². The molecule has 26 heavy (non-hydrogen) atoms. The molecule has 2 aromatic heterocycles. The molecule has 0 aliphatic carbocycles. The molecule has 8 heteroatoms. The van der Waals surface area contributed by atoms with E-state index in [9.17, 15) is 4.79 Å². The summed E-state index contributed by atoms with van der Waals surface area (Å²) in [6.07, 6.45) is 4.89. The first kappa shape index (κ1) is 18.0. The summed E-state index contributed by atoms with van der Waals surface area (Å²) in [5.41, 5.74) is 2.20.